The summed E-state index contributed by atoms with van der Waals surface area (Å²) in [7, 11) is 0. The summed E-state index contributed by atoms with van der Waals surface area (Å²) in [5.74, 6) is -0.614. The third-order valence-electron chi connectivity index (χ3n) is 7.13. The third kappa shape index (κ3) is 9.41. The Hall–Kier alpha value is -4.68. The lowest BCUT2D eigenvalue weighted by Crippen LogP contribution is -2.33. The minimum Gasteiger partial charge on any atom is -0.488 e. The maximum Gasteiger partial charge on any atom is 0.407 e. The number of ether oxygens (including phenoxy) is 4. The molecular weight excluding hydrogens is 602 g/mol. The Bertz CT molecular complexity index is 1510. The van der Waals surface area contributed by atoms with E-state index >= 15 is 0 Å². The molecule has 0 saturated heterocycles. The summed E-state index contributed by atoms with van der Waals surface area (Å²) < 4.78 is 49.4. The second-order valence-corrected chi connectivity index (χ2v) is 12.3. The van der Waals surface area contributed by atoms with E-state index < -0.39 is 30.8 Å². The highest BCUT2D eigenvalue weighted by Gasteiger charge is 2.32. The fourth-order valence-electron chi connectivity index (χ4n) is 5.10. The Morgan fingerprint density at radius 1 is 1.07 bits per heavy atom. The smallest absolute Gasteiger partial charge is 0.407 e. The zero-order chi connectivity index (χ0) is 33.4. The van der Waals surface area contributed by atoms with E-state index in [4.69, 9.17) is 19.3 Å². The van der Waals surface area contributed by atoms with Gasteiger partial charge in [-0.2, -0.15) is 13.9 Å². The van der Waals surface area contributed by atoms with Crippen LogP contribution in [0.5, 0.6) is 17.2 Å². The first-order valence-corrected chi connectivity index (χ1v) is 15.1. The predicted molar refractivity (Wildman–Crippen MR) is 166 cm³/mol. The van der Waals surface area contributed by atoms with Crippen molar-refractivity contribution in [1.82, 2.24) is 15.1 Å². The quantitative estimate of drug-likeness (QED) is 0.204. The number of nitrogens with zero attached hydrogens (tertiary/aromatic N) is 2. The van der Waals surface area contributed by atoms with Crippen molar-refractivity contribution >= 4 is 24.1 Å². The largest absolute Gasteiger partial charge is 0.488 e. The van der Waals surface area contributed by atoms with E-state index in [0.29, 0.717) is 24.9 Å². The number of hydrogen-bond acceptors (Lipinski definition) is 8. The number of amides is 2. The van der Waals surface area contributed by atoms with Crippen LogP contribution in [0.4, 0.5) is 19.4 Å². The third-order valence-corrected chi connectivity index (χ3v) is 7.13. The highest BCUT2D eigenvalue weighted by Crippen LogP contribution is 2.38. The SMILES string of the molecule is CC(C)NC(=O)O[C@@H]1CC[C@H](c2cc(NC(=O)COc3cc(OC(F)F)cc(OCc4ccccc4)c3C=O)n(C(C)(C)C)n2)C1. The van der Waals surface area contributed by atoms with Gasteiger partial charge in [0.1, 0.15) is 35.8 Å². The van der Waals surface area contributed by atoms with Crippen LogP contribution in [0.3, 0.4) is 0 Å². The number of anilines is 1. The van der Waals surface area contributed by atoms with Crippen LogP contribution in [-0.2, 0) is 21.7 Å². The molecule has 1 fully saturated rings. The first-order chi connectivity index (χ1) is 21.8. The molecule has 0 unspecified atom stereocenters. The molecule has 46 heavy (non-hydrogen) atoms. The van der Waals surface area contributed by atoms with E-state index in [1.165, 1.54) is 6.07 Å². The zero-order valence-electron chi connectivity index (χ0n) is 26.5. The lowest BCUT2D eigenvalue weighted by molar-refractivity contribution is -0.118. The van der Waals surface area contributed by atoms with Gasteiger partial charge in [-0.15, -0.1) is 0 Å². The minimum absolute atomic E-state index is 0.0226. The van der Waals surface area contributed by atoms with Crippen molar-refractivity contribution in [3.8, 4) is 17.2 Å². The number of aromatic nitrogens is 2. The Balaban J connectivity index is 1.47. The summed E-state index contributed by atoms with van der Waals surface area (Å²) in [6.07, 6.45) is 1.83. The Morgan fingerprint density at radius 3 is 2.39 bits per heavy atom. The average Bonchev–Trinajstić information content (AvgIpc) is 3.62. The van der Waals surface area contributed by atoms with Crippen LogP contribution in [0.15, 0.2) is 48.5 Å². The molecular formula is C33H40F2N4O7. The van der Waals surface area contributed by atoms with Crippen molar-refractivity contribution in [2.45, 2.75) is 90.7 Å². The van der Waals surface area contributed by atoms with Crippen molar-refractivity contribution < 1.29 is 42.1 Å². The molecule has 1 aliphatic carbocycles. The number of alkyl carbamates (subject to hydrolysis) is 1. The van der Waals surface area contributed by atoms with Gasteiger partial charge in [-0.1, -0.05) is 30.3 Å². The van der Waals surface area contributed by atoms with Gasteiger partial charge >= 0.3 is 12.7 Å². The van der Waals surface area contributed by atoms with E-state index in [1.54, 1.807) is 22.9 Å². The fourth-order valence-corrected chi connectivity index (χ4v) is 5.10. The van der Waals surface area contributed by atoms with Crippen molar-refractivity contribution in [2.75, 3.05) is 11.9 Å². The molecule has 2 N–H and O–H groups in total. The predicted octanol–water partition coefficient (Wildman–Crippen LogP) is 6.42. The van der Waals surface area contributed by atoms with Gasteiger partial charge in [0.05, 0.1) is 16.8 Å². The van der Waals surface area contributed by atoms with E-state index in [1.807, 2.05) is 52.8 Å². The highest BCUT2D eigenvalue weighted by molar-refractivity contribution is 5.91. The molecule has 3 aromatic rings. The Morgan fingerprint density at radius 2 is 1.76 bits per heavy atom. The molecule has 13 heteroatoms. The van der Waals surface area contributed by atoms with E-state index in [9.17, 15) is 23.2 Å². The van der Waals surface area contributed by atoms with Gasteiger partial charge in [0.15, 0.2) is 12.9 Å². The number of benzene rings is 2. The second kappa shape index (κ2) is 15.1. The van der Waals surface area contributed by atoms with Crippen molar-refractivity contribution in [3.05, 3.63) is 65.4 Å². The van der Waals surface area contributed by atoms with Gasteiger partial charge in [-0.05, 0) is 59.4 Å². The molecule has 0 radical (unpaired) electrons. The number of halogens is 2. The van der Waals surface area contributed by atoms with Gasteiger partial charge in [-0.3, -0.25) is 9.59 Å². The molecule has 1 heterocycles. The molecule has 0 bridgehead atoms. The standard InChI is InChI=1S/C33H40F2N4O7/c1-20(2)36-32(42)46-23-12-11-22(13-23)26-16-29(39(38-26)33(3,4)5)37-30(41)19-44-28-15-24(45-31(34)35)14-27(25(28)17-40)43-18-21-9-7-6-8-10-21/h6-10,14-17,20,22-23,31H,11-13,18-19H2,1-5H3,(H,36,42)(H,37,41)/t22-,23+/m0/s1. The lowest BCUT2D eigenvalue weighted by Gasteiger charge is -2.22. The van der Waals surface area contributed by atoms with Crippen LogP contribution in [0.2, 0.25) is 0 Å². The van der Waals surface area contributed by atoms with E-state index in [2.05, 4.69) is 15.4 Å². The summed E-state index contributed by atoms with van der Waals surface area (Å²) in [6.45, 7) is 5.91. The van der Waals surface area contributed by atoms with E-state index in [-0.39, 0.29) is 47.5 Å². The summed E-state index contributed by atoms with van der Waals surface area (Å²) >= 11 is 0. The van der Waals surface area contributed by atoms with Crippen LogP contribution in [0.25, 0.3) is 0 Å². The van der Waals surface area contributed by atoms with Crippen molar-refractivity contribution in [2.24, 2.45) is 0 Å². The zero-order valence-corrected chi connectivity index (χ0v) is 26.5. The summed E-state index contributed by atoms with van der Waals surface area (Å²) in [5.41, 5.74) is 0.979. The molecule has 2 amide bonds. The number of nitrogens with one attached hydrogen (secondary N) is 2. The van der Waals surface area contributed by atoms with Gasteiger partial charge in [0.2, 0.25) is 0 Å². The number of aldehydes is 1. The Labute approximate surface area is 266 Å². The molecule has 2 aromatic carbocycles. The van der Waals surface area contributed by atoms with Crippen LogP contribution in [0, 0.1) is 0 Å². The topological polar surface area (TPSA) is 130 Å². The van der Waals surface area contributed by atoms with Gasteiger partial charge in [0, 0.05) is 30.2 Å². The summed E-state index contributed by atoms with van der Waals surface area (Å²) in [4.78, 5) is 37.2. The molecule has 4 rings (SSSR count). The molecule has 11 nitrogen and oxygen atoms in total. The van der Waals surface area contributed by atoms with Crippen LogP contribution in [0.1, 0.15) is 81.4 Å². The maximum atomic E-state index is 13.1. The number of carbonyl (C=O) groups is 3. The highest BCUT2D eigenvalue weighted by atomic mass is 19.3. The normalized spacial score (nSPS) is 16.3. The van der Waals surface area contributed by atoms with Crippen molar-refractivity contribution in [1.29, 1.82) is 0 Å². The van der Waals surface area contributed by atoms with Gasteiger partial charge in [-0.25, -0.2) is 9.48 Å². The van der Waals surface area contributed by atoms with Gasteiger partial charge in [0.25, 0.3) is 5.91 Å². The maximum absolute atomic E-state index is 13.1. The molecule has 0 spiro atoms. The number of rotatable bonds is 13. The second-order valence-electron chi connectivity index (χ2n) is 12.3. The van der Waals surface area contributed by atoms with Crippen LogP contribution in [-0.4, -0.2) is 53.4 Å². The number of alkyl halides is 2. The monoisotopic (exact) mass is 642 g/mol. The van der Waals surface area contributed by atoms with Crippen molar-refractivity contribution in [3.63, 3.8) is 0 Å². The van der Waals surface area contributed by atoms with E-state index in [0.717, 1.165) is 23.7 Å². The van der Waals surface area contributed by atoms with Crippen LogP contribution < -0.4 is 24.8 Å². The molecule has 1 aliphatic rings. The molecule has 0 aliphatic heterocycles. The minimum atomic E-state index is -3.13. The van der Waals surface area contributed by atoms with Gasteiger partial charge < -0.3 is 29.6 Å². The fraction of sp³-hybridized carbons (Fsp3) is 0.455. The molecule has 1 aromatic heterocycles. The average molecular weight is 643 g/mol. The first-order valence-electron chi connectivity index (χ1n) is 15.1. The molecule has 2 atom stereocenters. The lowest BCUT2D eigenvalue weighted by atomic mass is 10.0. The molecule has 1 saturated carbocycles. The number of hydrogen-bond donors (Lipinski definition) is 2. The summed E-state index contributed by atoms with van der Waals surface area (Å²) in [6, 6.07) is 13.1. The Kier molecular flexibility index (Phi) is 11.2. The number of carbonyl (C=O) groups excluding carboxylic acids is 3. The van der Waals surface area contributed by atoms with Crippen LogP contribution >= 0.6 is 0 Å². The summed E-state index contributed by atoms with van der Waals surface area (Å²) in [5, 5.41) is 10.3. The first kappa shape index (κ1) is 34.2. The molecule has 248 valence electrons.